The van der Waals surface area contributed by atoms with Crippen LogP contribution in [0, 0.1) is 40.4 Å². The molecule has 10 atom stereocenters. The number of ether oxygens (including phenoxy) is 2. The van der Waals surface area contributed by atoms with Gasteiger partial charge in [0.25, 0.3) is 10.1 Å². The van der Waals surface area contributed by atoms with Crippen molar-refractivity contribution in [1.82, 2.24) is 5.32 Å². The fourth-order valence-electron chi connectivity index (χ4n) is 9.83. The van der Waals surface area contributed by atoms with Crippen LogP contribution in [0.25, 0.3) is 0 Å². The summed E-state index contributed by atoms with van der Waals surface area (Å²) < 4.78 is 42.9. The molecule has 0 spiro atoms. The Morgan fingerprint density at radius 2 is 1.85 bits per heavy atom. The Balaban J connectivity index is 1.45. The number of methoxy groups -OCH3 is 1. The number of rotatable bonds is 9. The smallest absolute Gasteiger partial charge is 0.408 e. The van der Waals surface area contributed by atoms with Crippen molar-refractivity contribution < 1.29 is 27.2 Å². The second kappa shape index (κ2) is 11.6. The number of nitrogens with two attached hydrogens (primary N) is 1. The van der Waals surface area contributed by atoms with E-state index in [1.807, 2.05) is 0 Å². The van der Waals surface area contributed by atoms with Gasteiger partial charge in [-0.1, -0.05) is 46.3 Å². The third-order valence-corrected chi connectivity index (χ3v) is 12.3. The predicted molar refractivity (Wildman–Crippen MR) is 152 cm³/mol. The first-order valence-electron chi connectivity index (χ1n) is 15.2. The largest absolute Gasteiger partial charge is 0.446 e. The monoisotopic (exact) mass is 568 g/mol. The second-order valence-corrected chi connectivity index (χ2v) is 15.1. The van der Waals surface area contributed by atoms with Crippen molar-refractivity contribution in [2.75, 3.05) is 13.0 Å². The molecule has 0 heterocycles. The zero-order valence-corrected chi connectivity index (χ0v) is 25.5. The SMILES string of the molecule is CCC[C@@H](N)/C=C/[C@@H](C)[C@H]1CC[C@H]2C3CC[C@@]4(OC)C[C@@H](OC(=O)NCS(=O)(=O)O)CC[C@]4(C)[C@H]3CC[C@]12C. The van der Waals surface area contributed by atoms with Gasteiger partial charge in [0.05, 0.1) is 5.60 Å². The van der Waals surface area contributed by atoms with Gasteiger partial charge < -0.3 is 20.5 Å². The van der Waals surface area contributed by atoms with E-state index in [0.29, 0.717) is 35.5 Å². The van der Waals surface area contributed by atoms with E-state index in [1.54, 1.807) is 7.11 Å². The Bertz CT molecular complexity index is 1020. The van der Waals surface area contributed by atoms with E-state index in [0.717, 1.165) is 44.4 Å². The summed E-state index contributed by atoms with van der Waals surface area (Å²) in [5, 5.41) is 2.14. The quantitative estimate of drug-likeness (QED) is 0.241. The summed E-state index contributed by atoms with van der Waals surface area (Å²) in [6.45, 7) is 9.56. The normalized spacial score (nSPS) is 41.8. The topological polar surface area (TPSA) is 128 Å². The van der Waals surface area contributed by atoms with Crippen LogP contribution >= 0.6 is 0 Å². The first-order chi connectivity index (χ1) is 18.3. The fraction of sp³-hybridized carbons (Fsp3) is 0.900. The highest BCUT2D eigenvalue weighted by Crippen LogP contribution is 2.69. The van der Waals surface area contributed by atoms with Crippen molar-refractivity contribution >= 4 is 16.2 Å². The highest BCUT2D eigenvalue weighted by molar-refractivity contribution is 7.85. The predicted octanol–water partition coefficient (Wildman–Crippen LogP) is 5.67. The molecule has 8 nitrogen and oxygen atoms in total. The minimum Gasteiger partial charge on any atom is -0.446 e. The van der Waals surface area contributed by atoms with Crippen LogP contribution in [-0.4, -0.2) is 49.8 Å². The van der Waals surface area contributed by atoms with Crippen LogP contribution in [0.4, 0.5) is 4.79 Å². The van der Waals surface area contributed by atoms with Crippen molar-refractivity contribution in [3.63, 3.8) is 0 Å². The molecule has 0 radical (unpaired) electrons. The van der Waals surface area contributed by atoms with Crippen LogP contribution in [0.5, 0.6) is 0 Å². The Labute approximate surface area is 236 Å². The molecule has 0 aromatic carbocycles. The fourth-order valence-corrected chi connectivity index (χ4v) is 10.1. The van der Waals surface area contributed by atoms with E-state index in [1.165, 1.54) is 25.7 Å². The number of carbonyl (C=O) groups is 1. The summed E-state index contributed by atoms with van der Waals surface area (Å²) >= 11 is 0. The summed E-state index contributed by atoms with van der Waals surface area (Å²) in [5.41, 5.74) is 6.29. The van der Waals surface area contributed by atoms with E-state index >= 15 is 0 Å². The summed E-state index contributed by atoms with van der Waals surface area (Å²) in [7, 11) is -2.50. The average molecular weight is 569 g/mol. The van der Waals surface area contributed by atoms with Gasteiger partial charge in [0.1, 0.15) is 12.0 Å². The minimum atomic E-state index is -4.30. The number of amides is 1. The van der Waals surface area contributed by atoms with Crippen molar-refractivity contribution in [3.05, 3.63) is 12.2 Å². The molecule has 4 aliphatic rings. The summed E-state index contributed by atoms with van der Waals surface area (Å²) in [6, 6.07) is 0.159. The van der Waals surface area contributed by atoms with Gasteiger partial charge in [-0.05, 0) is 98.2 Å². The molecule has 0 bridgehead atoms. The molecule has 1 unspecified atom stereocenters. The van der Waals surface area contributed by atoms with Crippen molar-refractivity contribution in [2.45, 2.75) is 116 Å². The maximum Gasteiger partial charge on any atom is 0.408 e. The Morgan fingerprint density at radius 1 is 1.10 bits per heavy atom. The highest BCUT2D eigenvalue weighted by Gasteiger charge is 2.65. The van der Waals surface area contributed by atoms with Crippen LogP contribution in [0.15, 0.2) is 12.2 Å². The zero-order chi connectivity index (χ0) is 28.6. The van der Waals surface area contributed by atoms with E-state index in [9.17, 15) is 13.2 Å². The van der Waals surface area contributed by atoms with Crippen LogP contribution in [0.1, 0.15) is 98.3 Å². The van der Waals surface area contributed by atoms with E-state index < -0.39 is 22.1 Å². The minimum absolute atomic E-state index is 0.00724. The molecule has 4 aliphatic carbocycles. The zero-order valence-electron chi connectivity index (χ0n) is 24.7. The number of alkyl carbamates (subject to hydrolysis) is 1. The van der Waals surface area contributed by atoms with Gasteiger partial charge >= 0.3 is 6.09 Å². The van der Waals surface area contributed by atoms with E-state index in [2.05, 4.69) is 45.2 Å². The number of carbonyl (C=O) groups excluding carboxylic acids is 1. The van der Waals surface area contributed by atoms with Gasteiger partial charge in [0.2, 0.25) is 0 Å². The van der Waals surface area contributed by atoms with Gasteiger partial charge in [-0.2, -0.15) is 8.42 Å². The first-order valence-corrected chi connectivity index (χ1v) is 16.8. The number of hydrogen-bond acceptors (Lipinski definition) is 6. The van der Waals surface area contributed by atoms with Gasteiger partial charge in [-0.3, -0.25) is 4.55 Å². The van der Waals surface area contributed by atoms with E-state index in [4.69, 9.17) is 19.8 Å². The molecule has 0 aromatic rings. The van der Waals surface area contributed by atoms with E-state index in [-0.39, 0.29) is 23.2 Å². The maximum atomic E-state index is 12.2. The van der Waals surface area contributed by atoms with Crippen LogP contribution in [0.3, 0.4) is 0 Å². The summed E-state index contributed by atoms with van der Waals surface area (Å²) in [6.07, 6.45) is 15.0. The first kappa shape index (κ1) is 30.8. The standard InChI is InChI=1S/C30H52N2O6S/c1-6-7-21(31)9-8-20(2)24-10-11-25-23-13-17-30(37-5)18-22(38-27(33)32-19-39(34,35)36)12-16-29(30,4)26(23)14-15-28(24,25)3/h8-9,20-26H,6-7,10-19,31H2,1-5H3,(H,32,33)(H,34,35,36)/b9-8+/t20-,21-,22+,23?,24-,25+,26+,28-,29-,30-/m1/s1. The summed E-state index contributed by atoms with van der Waals surface area (Å²) in [5.74, 6) is 2.39. The van der Waals surface area contributed by atoms with Crippen molar-refractivity contribution in [3.8, 4) is 0 Å². The Kier molecular flexibility index (Phi) is 9.17. The van der Waals surface area contributed by atoms with Crippen LogP contribution < -0.4 is 11.1 Å². The lowest BCUT2D eigenvalue weighted by Crippen LogP contribution is -2.64. The number of fused-ring (bicyclic) bond motifs is 5. The molecule has 4 fully saturated rings. The van der Waals surface area contributed by atoms with Crippen LogP contribution in [-0.2, 0) is 19.6 Å². The average Bonchev–Trinajstić information content (AvgIpc) is 3.23. The summed E-state index contributed by atoms with van der Waals surface area (Å²) in [4.78, 5) is 12.2. The third-order valence-electron chi connectivity index (χ3n) is 11.8. The van der Waals surface area contributed by atoms with Gasteiger partial charge in [-0.15, -0.1) is 0 Å². The molecular formula is C30H52N2O6S. The lowest BCUT2D eigenvalue weighted by molar-refractivity contribution is -0.232. The lowest BCUT2D eigenvalue weighted by atomic mass is 9.43. The van der Waals surface area contributed by atoms with Gasteiger partial charge in [0, 0.05) is 19.6 Å². The molecule has 4 N–H and O–H groups in total. The second-order valence-electron chi connectivity index (χ2n) is 13.6. The molecular weight excluding hydrogens is 516 g/mol. The number of allylic oxidation sites excluding steroid dienone is 1. The molecule has 0 aromatic heterocycles. The molecule has 0 aliphatic heterocycles. The Hall–Kier alpha value is -1.16. The molecule has 4 saturated carbocycles. The van der Waals surface area contributed by atoms with Crippen LogP contribution in [0.2, 0.25) is 0 Å². The molecule has 0 saturated heterocycles. The number of nitrogens with one attached hydrogen (secondary N) is 1. The van der Waals surface area contributed by atoms with Gasteiger partial charge in [-0.25, -0.2) is 4.79 Å². The molecule has 39 heavy (non-hydrogen) atoms. The molecule has 4 rings (SSSR count). The Morgan fingerprint density at radius 3 is 2.51 bits per heavy atom. The van der Waals surface area contributed by atoms with Gasteiger partial charge in [0.15, 0.2) is 0 Å². The van der Waals surface area contributed by atoms with Crippen molar-refractivity contribution in [1.29, 1.82) is 0 Å². The highest BCUT2D eigenvalue weighted by atomic mass is 32.2. The molecule has 9 heteroatoms. The van der Waals surface area contributed by atoms with Crippen molar-refractivity contribution in [2.24, 2.45) is 46.2 Å². The molecule has 224 valence electrons. The molecule has 1 amide bonds. The maximum absolute atomic E-state index is 12.2. The number of hydrogen-bond donors (Lipinski definition) is 3. The lowest BCUT2D eigenvalue weighted by Gasteiger charge is -2.65. The third kappa shape index (κ3) is 5.93.